The number of hydrogen-bond acceptors (Lipinski definition) is 5. The summed E-state index contributed by atoms with van der Waals surface area (Å²) in [7, 11) is -1.15. The molecule has 0 fully saturated rings. The van der Waals surface area contributed by atoms with Gasteiger partial charge in [-0.3, -0.25) is 9.10 Å². The highest BCUT2D eigenvalue weighted by Gasteiger charge is 2.30. The summed E-state index contributed by atoms with van der Waals surface area (Å²) in [4.78, 5) is 13.1. The Labute approximate surface area is 193 Å². The van der Waals surface area contributed by atoms with Gasteiger partial charge >= 0.3 is 0 Å². The number of nitrogens with zero attached hydrogens (tertiary/aromatic N) is 1. The van der Waals surface area contributed by atoms with E-state index in [-0.39, 0.29) is 29.3 Å². The molecule has 0 aliphatic heterocycles. The van der Waals surface area contributed by atoms with Crippen LogP contribution in [0.5, 0.6) is 11.5 Å². The van der Waals surface area contributed by atoms with Gasteiger partial charge in [0.15, 0.2) is 5.78 Å². The predicted molar refractivity (Wildman–Crippen MR) is 125 cm³/mol. The Balaban J connectivity index is 2.05. The standard InChI is InChI=1S/C24H24ClNO5S/c1-17-18(8-7-11-22(17)25)14-19(27)16-26(32(28,29)21-9-5-4-6-10-21)23-15-20(30-2)12-13-24(23)31-3/h4-13,15H,14,16H2,1-3H3. The van der Waals surface area contributed by atoms with E-state index in [0.717, 1.165) is 15.4 Å². The molecule has 0 aliphatic carbocycles. The van der Waals surface area contributed by atoms with Crippen molar-refractivity contribution in [1.29, 1.82) is 0 Å². The zero-order valence-corrected chi connectivity index (χ0v) is 19.6. The molecule has 0 bridgehead atoms. The molecule has 0 unspecified atom stereocenters. The van der Waals surface area contributed by atoms with Crippen molar-refractivity contribution in [3.8, 4) is 11.5 Å². The van der Waals surface area contributed by atoms with E-state index in [1.807, 2.05) is 6.92 Å². The van der Waals surface area contributed by atoms with Crippen LogP contribution in [0.1, 0.15) is 11.1 Å². The van der Waals surface area contributed by atoms with Crippen LogP contribution in [0, 0.1) is 6.92 Å². The molecule has 0 aromatic heterocycles. The summed E-state index contributed by atoms with van der Waals surface area (Å²) >= 11 is 6.18. The number of ether oxygens (including phenoxy) is 2. The number of halogens is 1. The average molecular weight is 474 g/mol. The minimum absolute atomic E-state index is 0.0412. The SMILES string of the molecule is COc1ccc(OC)c(N(CC(=O)Cc2cccc(Cl)c2C)S(=O)(=O)c2ccccc2)c1. The van der Waals surface area contributed by atoms with Gasteiger partial charge in [-0.2, -0.15) is 0 Å². The number of carbonyl (C=O) groups excluding carboxylic acids is 1. The highest BCUT2D eigenvalue weighted by molar-refractivity contribution is 7.92. The lowest BCUT2D eigenvalue weighted by Gasteiger charge is -2.26. The number of methoxy groups -OCH3 is 2. The molecule has 6 nitrogen and oxygen atoms in total. The van der Waals surface area contributed by atoms with E-state index in [2.05, 4.69) is 0 Å². The van der Waals surface area contributed by atoms with Crippen LogP contribution in [-0.4, -0.2) is 35.0 Å². The summed E-state index contributed by atoms with van der Waals surface area (Å²) in [5.41, 5.74) is 1.75. The lowest BCUT2D eigenvalue weighted by molar-refractivity contribution is -0.117. The molecule has 3 aromatic rings. The molecule has 0 radical (unpaired) electrons. The number of carbonyl (C=O) groups is 1. The molecule has 0 atom stereocenters. The summed E-state index contributed by atoms with van der Waals surface area (Å²) in [6.45, 7) is 1.45. The maximum Gasteiger partial charge on any atom is 0.264 e. The quantitative estimate of drug-likeness (QED) is 0.451. The molecular formula is C24H24ClNO5S. The Kier molecular flexibility index (Phi) is 7.43. The molecule has 0 spiro atoms. The Hall–Kier alpha value is -3.03. The van der Waals surface area contributed by atoms with Gasteiger partial charge < -0.3 is 9.47 Å². The van der Waals surface area contributed by atoms with Crippen molar-refractivity contribution in [2.45, 2.75) is 18.2 Å². The van der Waals surface area contributed by atoms with Gasteiger partial charge in [-0.05, 0) is 48.4 Å². The van der Waals surface area contributed by atoms with Crippen molar-refractivity contribution < 1.29 is 22.7 Å². The number of ketones is 1. The van der Waals surface area contributed by atoms with E-state index in [9.17, 15) is 13.2 Å². The lowest BCUT2D eigenvalue weighted by atomic mass is 10.0. The summed E-state index contributed by atoms with van der Waals surface area (Å²) in [6, 6.07) is 18.1. The molecule has 8 heteroatoms. The van der Waals surface area contributed by atoms with Crippen molar-refractivity contribution >= 4 is 33.1 Å². The first kappa shape index (κ1) is 23.6. The summed E-state index contributed by atoms with van der Waals surface area (Å²) in [6.07, 6.45) is 0.0412. The molecule has 0 saturated carbocycles. The van der Waals surface area contributed by atoms with Crippen LogP contribution >= 0.6 is 11.6 Å². The van der Waals surface area contributed by atoms with Gasteiger partial charge in [0.2, 0.25) is 0 Å². The van der Waals surface area contributed by atoms with Gasteiger partial charge in [-0.1, -0.05) is 41.9 Å². The molecule has 0 N–H and O–H groups in total. The summed E-state index contributed by atoms with van der Waals surface area (Å²) < 4.78 is 38.9. The van der Waals surface area contributed by atoms with Crippen molar-refractivity contribution in [2.75, 3.05) is 25.1 Å². The average Bonchev–Trinajstić information content (AvgIpc) is 2.80. The maximum absolute atomic E-state index is 13.6. The minimum atomic E-state index is -4.07. The number of anilines is 1. The molecule has 0 saturated heterocycles. The van der Waals surface area contributed by atoms with Crippen molar-refractivity contribution in [2.24, 2.45) is 0 Å². The van der Waals surface area contributed by atoms with Crippen molar-refractivity contribution in [1.82, 2.24) is 0 Å². The fraction of sp³-hybridized carbons (Fsp3) is 0.208. The first-order valence-corrected chi connectivity index (χ1v) is 11.6. The maximum atomic E-state index is 13.6. The van der Waals surface area contributed by atoms with Crippen LogP contribution in [0.15, 0.2) is 71.6 Å². The van der Waals surface area contributed by atoms with Gasteiger partial charge in [-0.25, -0.2) is 8.42 Å². The predicted octanol–water partition coefficient (Wildman–Crippen LogP) is 4.67. The van der Waals surface area contributed by atoms with Crippen LogP contribution in [0.3, 0.4) is 0 Å². The highest BCUT2D eigenvalue weighted by atomic mass is 35.5. The van der Waals surface area contributed by atoms with Crippen molar-refractivity contribution in [3.05, 3.63) is 82.9 Å². The third-order valence-corrected chi connectivity index (χ3v) is 7.26. The first-order chi connectivity index (χ1) is 15.3. The van der Waals surface area contributed by atoms with Gasteiger partial charge in [0.05, 0.1) is 31.3 Å². The van der Waals surface area contributed by atoms with Gasteiger partial charge in [0.1, 0.15) is 11.5 Å². The number of benzene rings is 3. The topological polar surface area (TPSA) is 72.9 Å². The normalized spacial score (nSPS) is 11.1. The zero-order chi connectivity index (χ0) is 23.3. The number of rotatable bonds is 9. The van der Waals surface area contributed by atoms with Crippen molar-refractivity contribution in [3.63, 3.8) is 0 Å². The van der Waals surface area contributed by atoms with Gasteiger partial charge in [0.25, 0.3) is 10.0 Å². The largest absolute Gasteiger partial charge is 0.497 e. The fourth-order valence-corrected chi connectivity index (χ4v) is 4.95. The van der Waals surface area contributed by atoms with E-state index in [4.69, 9.17) is 21.1 Å². The smallest absolute Gasteiger partial charge is 0.264 e. The zero-order valence-electron chi connectivity index (χ0n) is 18.0. The molecule has 0 heterocycles. The Morgan fingerprint density at radius 3 is 2.34 bits per heavy atom. The monoisotopic (exact) mass is 473 g/mol. The van der Waals surface area contributed by atoms with Crippen LogP contribution in [-0.2, 0) is 21.2 Å². The Bertz CT molecular complexity index is 1210. The van der Waals surface area contributed by atoms with Crippen LogP contribution in [0.25, 0.3) is 0 Å². The fourth-order valence-electron chi connectivity index (χ4n) is 3.28. The number of sulfonamides is 1. The first-order valence-electron chi connectivity index (χ1n) is 9.83. The van der Waals surface area contributed by atoms with E-state index >= 15 is 0 Å². The highest BCUT2D eigenvalue weighted by Crippen LogP contribution is 2.35. The van der Waals surface area contributed by atoms with E-state index in [1.165, 1.54) is 32.4 Å². The van der Waals surface area contributed by atoms with E-state index < -0.39 is 10.0 Å². The molecular weight excluding hydrogens is 450 g/mol. The van der Waals surface area contributed by atoms with Gasteiger partial charge in [-0.15, -0.1) is 0 Å². The second-order valence-corrected chi connectivity index (χ2v) is 9.37. The minimum Gasteiger partial charge on any atom is -0.497 e. The second kappa shape index (κ2) is 10.1. The third-order valence-electron chi connectivity index (χ3n) is 5.07. The molecule has 0 aliphatic rings. The van der Waals surface area contributed by atoms with Gasteiger partial charge in [0, 0.05) is 17.5 Å². The molecule has 3 aromatic carbocycles. The van der Waals surface area contributed by atoms with Crippen LogP contribution in [0.4, 0.5) is 5.69 Å². The molecule has 32 heavy (non-hydrogen) atoms. The summed E-state index contributed by atoms with van der Waals surface area (Å²) in [5, 5.41) is 0.554. The molecule has 168 valence electrons. The second-order valence-electron chi connectivity index (χ2n) is 7.10. The third kappa shape index (κ3) is 5.06. The lowest BCUT2D eigenvalue weighted by Crippen LogP contribution is -2.36. The number of hydrogen-bond donors (Lipinski definition) is 0. The Morgan fingerprint density at radius 2 is 1.69 bits per heavy atom. The molecule has 0 amide bonds. The van der Waals surface area contributed by atoms with Crippen LogP contribution < -0.4 is 13.8 Å². The number of Topliss-reactive ketones (excluding diaryl/α,β-unsaturated/α-hetero) is 1. The molecule has 3 rings (SSSR count). The summed E-state index contributed by atoms with van der Waals surface area (Å²) in [5.74, 6) is 0.448. The van der Waals surface area contributed by atoms with E-state index in [1.54, 1.807) is 48.5 Å². The van der Waals surface area contributed by atoms with E-state index in [0.29, 0.717) is 16.5 Å². The van der Waals surface area contributed by atoms with Crippen LogP contribution in [0.2, 0.25) is 5.02 Å². The Morgan fingerprint density at radius 1 is 0.969 bits per heavy atom.